The molecule has 0 aromatic heterocycles. The van der Waals surface area contributed by atoms with Crippen LogP contribution >= 0.6 is 0 Å². The van der Waals surface area contributed by atoms with Gasteiger partial charge in [0.2, 0.25) is 9.04 Å². The molecule has 0 aliphatic carbocycles. The summed E-state index contributed by atoms with van der Waals surface area (Å²) in [6.45, 7) is 8.34. The largest absolute Gasteiger partial charge is 0.522 e. The molecule has 97 valence electrons. The van der Waals surface area contributed by atoms with Gasteiger partial charge in [-0.3, -0.25) is 0 Å². The Kier molecular flexibility index (Phi) is 4.63. The average molecular weight is 277 g/mol. The lowest BCUT2D eigenvalue weighted by atomic mass is 10.2. The van der Waals surface area contributed by atoms with Gasteiger partial charge in [0.25, 0.3) is 0 Å². The van der Waals surface area contributed by atoms with Gasteiger partial charge in [0.1, 0.15) is 0 Å². The van der Waals surface area contributed by atoms with Crippen LogP contribution in [0.4, 0.5) is 13.2 Å². The van der Waals surface area contributed by atoms with Crippen molar-refractivity contribution in [1.82, 2.24) is 0 Å². The van der Waals surface area contributed by atoms with Crippen LogP contribution in [0, 0.1) is 0 Å². The van der Waals surface area contributed by atoms with Crippen LogP contribution < -0.4 is 0 Å². The molecule has 1 radical (unpaired) electrons. The Hall–Kier alpha value is -0.0831. The topological polar surface area (TPSA) is 43.4 Å². The fraction of sp³-hybridized carbons (Fsp3) is 1.00. The first-order chi connectivity index (χ1) is 6.79. The molecule has 0 rings (SSSR count). The van der Waals surface area contributed by atoms with Crippen LogP contribution in [0.3, 0.4) is 0 Å². The van der Waals surface area contributed by atoms with Crippen LogP contribution in [-0.4, -0.2) is 23.0 Å². The van der Waals surface area contributed by atoms with Crippen LogP contribution in [0.5, 0.6) is 0 Å². The van der Waals surface area contributed by atoms with E-state index < -0.39 is 29.7 Å². The molecule has 0 bridgehead atoms. The van der Waals surface area contributed by atoms with E-state index in [-0.39, 0.29) is 5.54 Å². The smallest absolute Gasteiger partial charge is 0.308 e. The first-order valence-corrected chi connectivity index (χ1v) is 7.56. The molecule has 0 spiro atoms. The van der Waals surface area contributed by atoms with Gasteiger partial charge in [-0.05, 0) is 10.6 Å². The molecule has 0 fully saturated rings. The van der Waals surface area contributed by atoms with Crippen LogP contribution in [0.15, 0.2) is 0 Å². The quantitative estimate of drug-likeness (QED) is 0.588. The van der Waals surface area contributed by atoms with Crippen molar-refractivity contribution in [3.63, 3.8) is 0 Å². The third kappa shape index (κ3) is 4.06. The second-order valence-corrected chi connectivity index (χ2v) is 10.2. The minimum absolute atomic E-state index is 0.234. The summed E-state index contributed by atoms with van der Waals surface area (Å²) in [6, 6.07) is 0. The lowest BCUT2D eigenvalue weighted by molar-refractivity contribution is -0.0503. The maximum atomic E-state index is 12.1. The monoisotopic (exact) mass is 277 g/mol. The summed E-state index contributed by atoms with van der Waals surface area (Å²) >= 11 is 0. The minimum Gasteiger partial charge on any atom is -0.308 e. The van der Waals surface area contributed by atoms with Gasteiger partial charge in [0.15, 0.2) is 0 Å². The van der Waals surface area contributed by atoms with E-state index in [0.717, 1.165) is 0 Å². The molecule has 0 atom stereocenters. The fourth-order valence-corrected chi connectivity index (χ4v) is 6.08. The van der Waals surface area contributed by atoms with Gasteiger partial charge in [0.05, 0.1) is 0 Å². The zero-order chi connectivity index (χ0) is 13.4. The molecular weight excluding hydrogens is 261 g/mol. The van der Waals surface area contributed by atoms with Gasteiger partial charge in [0, 0.05) is 0 Å². The van der Waals surface area contributed by atoms with Gasteiger partial charge in [-0.1, -0.05) is 34.6 Å². The van der Waals surface area contributed by atoms with Crippen LogP contribution in [-0.2, 0) is 14.0 Å². The van der Waals surface area contributed by atoms with Gasteiger partial charge in [-0.2, -0.15) is 21.6 Å². The summed E-state index contributed by atoms with van der Waals surface area (Å²) in [4.78, 5) is 0. The van der Waals surface area contributed by atoms with Crippen molar-refractivity contribution >= 4 is 19.2 Å². The van der Waals surface area contributed by atoms with Crippen molar-refractivity contribution in [2.24, 2.45) is 0 Å². The van der Waals surface area contributed by atoms with Crippen molar-refractivity contribution < 1.29 is 25.5 Å². The zero-order valence-corrected chi connectivity index (χ0v) is 11.7. The van der Waals surface area contributed by atoms with Gasteiger partial charge in [-0.25, -0.2) is 0 Å². The molecule has 8 heteroatoms. The van der Waals surface area contributed by atoms with Crippen molar-refractivity contribution in [3.8, 4) is 0 Å². The van der Waals surface area contributed by atoms with Crippen molar-refractivity contribution in [2.45, 2.75) is 50.7 Å². The predicted molar refractivity (Wildman–Crippen MR) is 56.6 cm³/mol. The van der Waals surface area contributed by atoms with E-state index in [1.165, 1.54) is 0 Å². The molecule has 0 aromatic carbocycles. The Bertz CT molecular complexity index is 329. The number of hydrogen-bond acceptors (Lipinski definition) is 3. The van der Waals surface area contributed by atoms with E-state index in [2.05, 4.69) is 3.87 Å². The molecule has 0 aliphatic rings. The van der Waals surface area contributed by atoms with Crippen molar-refractivity contribution in [3.05, 3.63) is 0 Å². The van der Waals surface area contributed by atoms with Gasteiger partial charge >= 0.3 is 15.6 Å². The first-order valence-electron chi connectivity index (χ1n) is 4.67. The van der Waals surface area contributed by atoms with E-state index in [1.54, 1.807) is 34.6 Å². The van der Waals surface area contributed by atoms with Crippen LogP contribution in [0.1, 0.15) is 34.6 Å². The average Bonchev–Trinajstić information content (AvgIpc) is 1.95. The summed E-state index contributed by atoms with van der Waals surface area (Å²) in [7, 11) is -7.60. The third-order valence-corrected chi connectivity index (χ3v) is 6.44. The second-order valence-electron chi connectivity index (χ2n) is 4.75. The van der Waals surface area contributed by atoms with Crippen LogP contribution in [0.25, 0.3) is 0 Å². The Morgan fingerprint density at radius 1 is 1.12 bits per heavy atom. The Labute approximate surface area is 95.8 Å². The minimum atomic E-state index is -5.48. The molecule has 0 N–H and O–H groups in total. The van der Waals surface area contributed by atoms with E-state index in [4.69, 9.17) is 0 Å². The van der Waals surface area contributed by atoms with Gasteiger partial charge in [-0.15, -0.1) is 0 Å². The zero-order valence-electron chi connectivity index (χ0n) is 9.84. The molecule has 0 heterocycles. The lowest BCUT2D eigenvalue weighted by Gasteiger charge is -2.30. The number of alkyl halides is 3. The highest BCUT2D eigenvalue weighted by Gasteiger charge is 2.50. The summed E-state index contributed by atoms with van der Waals surface area (Å²) in [5, 5.41) is -0.586. The molecule has 16 heavy (non-hydrogen) atoms. The number of hydrogen-bond donors (Lipinski definition) is 0. The standard InChI is InChI=1S/C8H16F3O3SSi/c1-6(2)16(7(3,4)5)14-15(12,13)8(9,10)11/h6H,1-5H3. The van der Waals surface area contributed by atoms with Gasteiger partial charge < -0.3 is 3.87 Å². The fourth-order valence-electron chi connectivity index (χ4n) is 1.25. The summed E-state index contributed by atoms with van der Waals surface area (Å²) in [5.41, 5.74) is -5.58. The molecule has 0 saturated heterocycles. The van der Waals surface area contributed by atoms with Crippen molar-refractivity contribution in [1.29, 1.82) is 0 Å². The van der Waals surface area contributed by atoms with Crippen LogP contribution in [0.2, 0.25) is 10.6 Å². The lowest BCUT2D eigenvalue weighted by Crippen LogP contribution is -2.39. The maximum Gasteiger partial charge on any atom is 0.522 e. The highest BCUT2D eigenvalue weighted by atomic mass is 32.2. The summed E-state index contributed by atoms with van der Waals surface area (Å²) in [5.74, 6) is 0. The van der Waals surface area contributed by atoms with E-state index in [1.807, 2.05) is 0 Å². The molecule has 0 aromatic rings. The molecule has 0 aliphatic heterocycles. The maximum absolute atomic E-state index is 12.1. The van der Waals surface area contributed by atoms with E-state index in [9.17, 15) is 21.6 Å². The molecule has 0 saturated carbocycles. The third-order valence-electron chi connectivity index (χ3n) is 1.75. The number of rotatable bonds is 3. The second kappa shape index (κ2) is 4.65. The Morgan fingerprint density at radius 3 is 1.69 bits per heavy atom. The first kappa shape index (κ1) is 15.9. The molecule has 0 unspecified atom stereocenters. The molecule has 3 nitrogen and oxygen atoms in total. The SMILES string of the molecule is CC(C)[Si](OS(=O)(=O)C(F)(F)F)C(C)(C)C. The van der Waals surface area contributed by atoms with E-state index in [0.29, 0.717) is 0 Å². The summed E-state index contributed by atoms with van der Waals surface area (Å²) in [6.07, 6.45) is 0. The molecular formula is C8H16F3O3SSi. The summed E-state index contributed by atoms with van der Waals surface area (Å²) < 4.78 is 62.6. The Balaban J connectivity index is 5.09. The number of halogens is 3. The molecule has 0 amide bonds. The highest BCUT2D eigenvalue weighted by molar-refractivity contribution is 7.88. The van der Waals surface area contributed by atoms with E-state index >= 15 is 0 Å². The normalized spacial score (nSPS) is 14.9. The highest BCUT2D eigenvalue weighted by Crippen LogP contribution is 2.37. The van der Waals surface area contributed by atoms with Crippen molar-refractivity contribution in [2.75, 3.05) is 0 Å². The Morgan fingerprint density at radius 2 is 1.50 bits per heavy atom. The predicted octanol–water partition coefficient (Wildman–Crippen LogP) is 3.05.